The fraction of sp³-hybridized carbons (Fsp3) is 0.412. The van der Waals surface area contributed by atoms with Crippen molar-refractivity contribution in [2.45, 2.75) is 26.3 Å². The van der Waals surface area contributed by atoms with Gasteiger partial charge in [-0.1, -0.05) is 31.2 Å². The number of thiazole rings is 1. The summed E-state index contributed by atoms with van der Waals surface area (Å²) in [6, 6.07) is 8.36. The number of rotatable bonds is 3. The maximum Gasteiger partial charge on any atom is 0.271 e. The van der Waals surface area contributed by atoms with Crippen molar-refractivity contribution in [3.05, 3.63) is 40.9 Å². The highest BCUT2D eigenvalue weighted by Gasteiger charge is 2.24. The maximum atomic E-state index is 12.4. The van der Waals surface area contributed by atoms with Crippen molar-refractivity contribution < 1.29 is 4.79 Å². The summed E-state index contributed by atoms with van der Waals surface area (Å²) < 4.78 is 0. The normalized spacial score (nSPS) is 21.5. The van der Waals surface area contributed by atoms with Crippen molar-refractivity contribution in [3.8, 4) is 10.6 Å². The van der Waals surface area contributed by atoms with Gasteiger partial charge >= 0.3 is 0 Å². The molecule has 1 aromatic heterocycles. The lowest BCUT2D eigenvalue weighted by Gasteiger charge is -2.29. The quantitative estimate of drug-likeness (QED) is 0.916. The van der Waals surface area contributed by atoms with Gasteiger partial charge in [0.25, 0.3) is 5.91 Å². The number of aromatic nitrogens is 1. The third-order valence-corrected chi connectivity index (χ3v) is 5.09. The molecule has 1 fully saturated rings. The van der Waals surface area contributed by atoms with Crippen LogP contribution in [0.25, 0.3) is 10.6 Å². The summed E-state index contributed by atoms with van der Waals surface area (Å²) in [6.45, 7) is 6.14. The van der Waals surface area contributed by atoms with Crippen LogP contribution in [0.3, 0.4) is 0 Å². The molecule has 2 atom stereocenters. The highest BCUT2D eigenvalue weighted by molar-refractivity contribution is 7.13. The van der Waals surface area contributed by atoms with Crippen molar-refractivity contribution in [2.24, 2.45) is 5.92 Å². The predicted molar refractivity (Wildman–Crippen MR) is 90.2 cm³/mol. The zero-order valence-electron chi connectivity index (χ0n) is 12.9. The molecule has 0 bridgehead atoms. The van der Waals surface area contributed by atoms with Crippen LogP contribution in [-0.2, 0) is 0 Å². The number of amides is 1. The Balaban J connectivity index is 1.73. The maximum absolute atomic E-state index is 12.4. The van der Waals surface area contributed by atoms with Crippen LogP contribution >= 0.6 is 11.3 Å². The Bertz CT molecular complexity index is 667. The van der Waals surface area contributed by atoms with Gasteiger partial charge in [0, 0.05) is 17.0 Å². The number of nitrogens with one attached hydrogen (secondary N) is 2. The van der Waals surface area contributed by atoms with Gasteiger partial charge in [0.2, 0.25) is 0 Å². The van der Waals surface area contributed by atoms with Gasteiger partial charge in [0.05, 0.1) is 0 Å². The summed E-state index contributed by atoms with van der Waals surface area (Å²) in [6.07, 6.45) is 0.974. The second-order valence-electron chi connectivity index (χ2n) is 5.90. The Morgan fingerprint density at radius 2 is 2.23 bits per heavy atom. The minimum Gasteiger partial charge on any atom is -0.348 e. The Morgan fingerprint density at radius 3 is 3.00 bits per heavy atom. The molecule has 116 valence electrons. The summed E-state index contributed by atoms with van der Waals surface area (Å²) >= 11 is 1.52. The molecule has 0 aliphatic carbocycles. The molecule has 5 heteroatoms. The van der Waals surface area contributed by atoms with Gasteiger partial charge in [-0.15, -0.1) is 11.3 Å². The first kappa shape index (κ1) is 15.2. The van der Waals surface area contributed by atoms with Crippen molar-refractivity contribution in [1.82, 2.24) is 15.6 Å². The Labute approximate surface area is 135 Å². The number of piperidine rings is 1. The highest BCUT2D eigenvalue weighted by Crippen LogP contribution is 2.26. The fourth-order valence-corrected chi connectivity index (χ4v) is 3.68. The molecule has 2 unspecified atom stereocenters. The number of hydrogen-bond donors (Lipinski definition) is 2. The Kier molecular flexibility index (Phi) is 4.55. The van der Waals surface area contributed by atoms with Crippen molar-refractivity contribution in [3.63, 3.8) is 0 Å². The van der Waals surface area contributed by atoms with Gasteiger partial charge < -0.3 is 10.6 Å². The number of carbonyl (C=O) groups is 1. The molecule has 1 saturated heterocycles. The van der Waals surface area contributed by atoms with E-state index in [1.165, 1.54) is 16.9 Å². The average Bonchev–Trinajstić information content (AvgIpc) is 3.00. The fourth-order valence-electron chi connectivity index (χ4n) is 2.79. The van der Waals surface area contributed by atoms with Gasteiger partial charge in [0.1, 0.15) is 10.7 Å². The van der Waals surface area contributed by atoms with E-state index in [-0.39, 0.29) is 11.9 Å². The molecule has 0 radical (unpaired) electrons. The molecule has 4 nitrogen and oxygen atoms in total. The topological polar surface area (TPSA) is 54.0 Å². The van der Waals surface area contributed by atoms with Gasteiger partial charge in [-0.05, 0) is 37.9 Å². The number of aryl methyl sites for hydroxylation is 1. The first-order valence-electron chi connectivity index (χ1n) is 7.68. The van der Waals surface area contributed by atoms with E-state index in [9.17, 15) is 4.79 Å². The molecule has 1 aliphatic rings. The van der Waals surface area contributed by atoms with E-state index < -0.39 is 0 Å². The lowest BCUT2D eigenvalue weighted by atomic mass is 9.95. The van der Waals surface area contributed by atoms with Crippen LogP contribution in [0.2, 0.25) is 0 Å². The molecule has 2 heterocycles. The lowest BCUT2D eigenvalue weighted by molar-refractivity contribution is 0.0910. The van der Waals surface area contributed by atoms with E-state index in [0.29, 0.717) is 11.6 Å². The summed E-state index contributed by atoms with van der Waals surface area (Å²) in [5, 5.41) is 9.23. The average molecular weight is 315 g/mol. The molecule has 2 N–H and O–H groups in total. The highest BCUT2D eigenvalue weighted by atomic mass is 32.1. The molecule has 0 saturated carbocycles. The molecule has 0 spiro atoms. The third-order valence-electron chi connectivity index (χ3n) is 4.21. The Morgan fingerprint density at radius 1 is 1.41 bits per heavy atom. The van der Waals surface area contributed by atoms with Crippen LogP contribution in [0.1, 0.15) is 29.4 Å². The van der Waals surface area contributed by atoms with Crippen LogP contribution in [0, 0.1) is 12.8 Å². The second-order valence-corrected chi connectivity index (χ2v) is 6.76. The number of nitrogens with zero attached hydrogens (tertiary/aromatic N) is 1. The molecule has 2 aromatic rings. The minimum atomic E-state index is -0.0603. The summed E-state index contributed by atoms with van der Waals surface area (Å²) in [7, 11) is 0. The summed E-state index contributed by atoms with van der Waals surface area (Å²) in [4.78, 5) is 16.9. The second kappa shape index (κ2) is 6.58. The van der Waals surface area contributed by atoms with Crippen molar-refractivity contribution >= 4 is 17.2 Å². The van der Waals surface area contributed by atoms with Gasteiger partial charge in [-0.3, -0.25) is 4.79 Å². The molecule has 1 amide bonds. The molecular weight excluding hydrogens is 294 g/mol. The van der Waals surface area contributed by atoms with E-state index >= 15 is 0 Å². The SMILES string of the molecule is Cc1ccccc1-c1nc(C(=O)NC2CCNCC2C)cs1. The van der Waals surface area contributed by atoms with Gasteiger partial charge in [-0.2, -0.15) is 0 Å². The van der Waals surface area contributed by atoms with Crippen LogP contribution in [0.15, 0.2) is 29.6 Å². The largest absolute Gasteiger partial charge is 0.348 e. The minimum absolute atomic E-state index is 0.0603. The zero-order chi connectivity index (χ0) is 15.5. The van der Waals surface area contributed by atoms with Crippen LogP contribution < -0.4 is 10.6 Å². The van der Waals surface area contributed by atoms with E-state index in [1.54, 1.807) is 0 Å². The van der Waals surface area contributed by atoms with Gasteiger partial charge in [-0.25, -0.2) is 4.98 Å². The van der Waals surface area contributed by atoms with Crippen molar-refractivity contribution in [2.75, 3.05) is 13.1 Å². The van der Waals surface area contributed by atoms with E-state index in [2.05, 4.69) is 35.5 Å². The number of benzene rings is 1. The van der Waals surface area contributed by atoms with Crippen molar-refractivity contribution in [1.29, 1.82) is 0 Å². The molecule has 1 aromatic carbocycles. The zero-order valence-corrected chi connectivity index (χ0v) is 13.7. The molecule has 3 rings (SSSR count). The van der Waals surface area contributed by atoms with E-state index in [1.807, 2.05) is 23.6 Å². The monoisotopic (exact) mass is 315 g/mol. The predicted octanol–water partition coefficient (Wildman–Crippen LogP) is 2.85. The molecular formula is C17H21N3OS. The van der Waals surface area contributed by atoms with Crippen LogP contribution in [0.4, 0.5) is 0 Å². The van der Waals surface area contributed by atoms with Crippen LogP contribution in [-0.4, -0.2) is 30.0 Å². The number of carbonyl (C=O) groups excluding carboxylic acids is 1. The van der Waals surface area contributed by atoms with Crippen LogP contribution in [0.5, 0.6) is 0 Å². The third kappa shape index (κ3) is 3.20. The molecule has 22 heavy (non-hydrogen) atoms. The van der Waals surface area contributed by atoms with Gasteiger partial charge in [0.15, 0.2) is 0 Å². The first-order chi connectivity index (χ1) is 10.6. The first-order valence-corrected chi connectivity index (χ1v) is 8.56. The smallest absolute Gasteiger partial charge is 0.271 e. The lowest BCUT2D eigenvalue weighted by Crippen LogP contribution is -2.48. The number of hydrogen-bond acceptors (Lipinski definition) is 4. The summed E-state index contributed by atoms with van der Waals surface area (Å²) in [5.41, 5.74) is 2.80. The van der Waals surface area contributed by atoms with E-state index in [0.717, 1.165) is 30.1 Å². The standard InChI is InChI=1S/C17H21N3OS/c1-11-5-3-4-6-13(11)17-20-15(10-22-17)16(21)19-14-7-8-18-9-12(14)2/h3-6,10,12,14,18H,7-9H2,1-2H3,(H,19,21). The molecule has 1 aliphatic heterocycles. The van der Waals surface area contributed by atoms with E-state index in [4.69, 9.17) is 0 Å². The Hall–Kier alpha value is -1.72. The summed E-state index contributed by atoms with van der Waals surface area (Å²) in [5.74, 6) is 0.391.